The SMILES string of the molecule is NCCCCc1ccc(N2OCCC2=O)cc1. The summed E-state index contributed by atoms with van der Waals surface area (Å²) in [5.74, 6) is 0.0286. The molecule has 1 fully saturated rings. The molecule has 0 aromatic heterocycles. The van der Waals surface area contributed by atoms with Gasteiger partial charge >= 0.3 is 0 Å². The average Bonchev–Trinajstić information content (AvgIpc) is 2.77. The number of benzene rings is 1. The van der Waals surface area contributed by atoms with Crippen LogP contribution in [-0.4, -0.2) is 19.1 Å². The van der Waals surface area contributed by atoms with Gasteiger partial charge < -0.3 is 5.73 Å². The van der Waals surface area contributed by atoms with Crippen molar-refractivity contribution < 1.29 is 9.63 Å². The summed E-state index contributed by atoms with van der Waals surface area (Å²) in [6, 6.07) is 7.95. The van der Waals surface area contributed by atoms with E-state index >= 15 is 0 Å². The number of hydrogen-bond donors (Lipinski definition) is 1. The molecule has 0 spiro atoms. The zero-order valence-electron chi connectivity index (χ0n) is 9.89. The van der Waals surface area contributed by atoms with E-state index in [1.165, 1.54) is 10.6 Å². The predicted molar refractivity (Wildman–Crippen MR) is 66.5 cm³/mol. The number of carbonyl (C=O) groups excluding carboxylic acids is 1. The Kier molecular flexibility index (Phi) is 4.12. The highest BCUT2D eigenvalue weighted by Crippen LogP contribution is 2.21. The van der Waals surface area contributed by atoms with Gasteiger partial charge in [0, 0.05) is 0 Å². The molecular weight excluding hydrogens is 216 g/mol. The quantitative estimate of drug-likeness (QED) is 0.788. The first-order valence-corrected chi connectivity index (χ1v) is 6.06. The summed E-state index contributed by atoms with van der Waals surface area (Å²) in [4.78, 5) is 16.7. The number of rotatable bonds is 5. The Morgan fingerprint density at radius 1 is 1.24 bits per heavy atom. The molecule has 0 bridgehead atoms. The van der Waals surface area contributed by atoms with Gasteiger partial charge in [0.15, 0.2) is 0 Å². The van der Waals surface area contributed by atoms with E-state index in [4.69, 9.17) is 10.6 Å². The van der Waals surface area contributed by atoms with Gasteiger partial charge in [0.25, 0.3) is 5.91 Å². The van der Waals surface area contributed by atoms with E-state index in [0.29, 0.717) is 13.0 Å². The molecular formula is C13H18N2O2. The number of anilines is 1. The van der Waals surface area contributed by atoms with Crippen molar-refractivity contribution in [3.63, 3.8) is 0 Å². The molecule has 2 N–H and O–H groups in total. The number of amides is 1. The van der Waals surface area contributed by atoms with E-state index in [-0.39, 0.29) is 5.91 Å². The van der Waals surface area contributed by atoms with Crippen LogP contribution in [0.3, 0.4) is 0 Å². The average molecular weight is 234 g/mol. The zero-order valence-corrected chi connectivity index (χ0v) is 9.89. The highest BCUT2D eigenvalue weighted by molar-refractivity contribution is 5.92. The normalized spacial score (nSPS) is 15.6. The van der Waals surface area contributed by atoms with Gasteiger partial charge in [-0.05, 0) is 43.5 Å². The van der Waals surface area contributed by atoms with Crippen molar-refractivity contribution in [2.75, 3.05) is 18.2 Å². The molecule has 0 aliphatic carbocycles. The fourth-order valence-electron chi connectivity index (χ4n) is 1.89. The van der Waals surface area contributed by atoms with Crippen LogP contribution in [0.1, 0.15) is 24.8 Å². The maximum absolute atomic E-state index is 11.5. The number of hydrogen-bond acceptors (Lipinski definition) is 3. The minimum Gasteiger partial charge on any atom is -0.330 e. The minimum absolute atomic E-state index is 0.0286. The van der Waals surface area contributed by atoms with Gasteiger partial charge in [-0.3, -0.25) is 9.63 Å². The highest BCUT2D eigenvalue weighted by atomic mass is 16.7. The second-order valence-corrected chi connectivity index (χ2v) is 4.18. The molecule has 4 nitrogen and oxygen atoms in total. The van der Waals surface area contributed by atoms with Gasteiger partial charge in [-0.25, -0.2) is 0 Å². The molecule has 1 aliphatic heterocycles. The lowest BCUT2D eigenvalue weighted by Gasteiger charge is -2.14. The predicted octanol–water partition coefficient (Wildman–Crippen LogP) is 1.64. The standard InChI is InChI=1S/C13H18N2O2/c14-9-2-1-3-11-4-6-12(7-5-11)15-13(16)8-10-17-15/h4-7H,1-3,8-10,14H2. The van der Waals surface area contributed by atoms with E-state index in [9.17, 15) is 4.79 Å². The third kappa shape index (κ3) is 3.05. The van der Waals surface area contributed by atoms with E-state index in [0.717, 1.165) is 31.5 Å². The second-order valence-electron chi connectivity index (χ2n) is 4.18. The van der Waals surface area contributed by atoms with Crippen LogP contribution in [0.25, 0.3) is 0 Å². The van der Waals surface area contributed by atoms with Gasteiger partial charge in [-0.1, -0.05) is 12.1 Å². The van der Waals surface area contributed by atoms with E-state index in [2.05, 4.69) is 0 Å². The Bertz CT molecular complexity index is 376. The summed E-state index contributed by atoms with van der Waals surface area (Å²) in [6.07, 6.45) is 3.66. The van der Waals surface area contributed by atoms with Crippen molar-refractivity contribution in [2.45, 2.75) is 25.7 Å². The number of nitrogens with zero attached hydrogens (tertiary/aromatic N) is 1. The molecule has 1 aromatic rings. The van der Waals surface area contributed by atoms with Crippen LogP contribution in [0.5, 0.6) is 0 Å². The summed E-state index contributed by atoms with van der Waals surface area (Å²) in [5, 5.41) is 1.38. The zero-order chi connectivity index (χ0) is 12.1. The molecule has 0 atom stereocenters. The molecule has 2 rings (SSSR count). The molecule has 0 unspecified atom stereocenters. The smallest absolute Gasteiger partial charge is 0.253 e. The maximum atomic E-state index is 11.5. The molecule has 92 valence electrons. The summed E-state index contributed by atoms with van der Waals surface area (Å²) < 4.78 is 0. The van der Waals surface area contributed by atoms with Crippen LogP contribution in [-0.2, 0) is 16.1 Å². The van der Waals surface area contributed by atoms with Crippen molar-refractivity contribution in [1.29, 1.82) is 0 Å². The van der Waals surface area contributed by atoms with Gasteiger partial charge in [-0.2, -0.15) is 5.06 Å². The van der Waals surface area contributed by atoms with E-state index < -0.39 is 0 Å². The van der Waals surface area contributed by atoms with Crippen LogP contribution >= 0.6 is 0 Å². The van der Waals surface area contributed by atoms with Crippen molar-refractivity contribution in [3.05, 3.63) is 29.8 Å². The maximum Gasteiger partial charge on any atom is 0.253 e. The molecule has 0 saturated carbocycles. The molecule has 1 heterocycles. The lowest BCUT2D eigenvalue weighted by atomic mass is 10.1. The van der Waals surface area contributed by atoms with Crippen LogP contribution in [0.15, 0.2) is 24.3 Å². The fourth-order valence-corrected chi connectivity index (χ4v) is 1.89. The number of nitrogens with two attached hydrogens (primary N) is 1. The molecule has 1 aliphatic rings. The number of unbranched alkanes of at least 4 members (excludes halogenated alkanes) is 1. The summed E-state index contributed by atoms with van der Waals surface area (Å²) in [6.45, 7) is 1.23. The Morgan fingerprint density at radius 3 is 2.59 bits per heavy atom. The third-order valence-corrected chi connectivity index (χ3v) is 2.85. The molecule has 17 heavy (non-hydrogen) atoms. The number of carbonyl (C=O) groups is 1. The molecule has 4 heteroatoms. The lowest BCUT2D eigenvalue weighted by Crippen LogP contribution is -2.22. The van der Waals surface area contributed by atoms with E-state index in [1.807, 2.05) is 24.3 Å². The summed E-state index contributed by atoms with van der Waals surface area (Å²) in [5.41, 5.74) is 7.54. The topological polar surface area (TPSA) is 55.6 Å². The number of hydroxylamine groups is 1. The molecule has 1 amide bonds. The Balaban J connectivity index is 1.95. The summed E-state index contributed by atoms with van der Waals surface area (Å²) in [7, 11) is 0. The monoisotopic (exact) mass is 234 g/mol. The van der Waals surface area contributed by atoms with Gasteiger partial charge in [0.05, 0.1) is 18.7 Å². The fraction of sp³-hybridized carbons (Fsp3) is 0.462. The molecule has 1 saturated heterocycles. The minimum atomic E-state index is 0.0286. The Labute approximate surface area is 101 Å². The van der Waals surface area contributed by atoms with Crippen LogP contribution in [0.4, 0.5) is 5.69 Å². The number of aryl methyl sites for hydroxylation is 1. The summed E-state index contributed by atoms with van der Waals surface area (Å²) >= 11 is 0. The first-order valence-electron chi connectivity index (χ1n) is 6.06. The van der Waals surface area contributed by atoms with Crippen molar-refractivity contribution in [3.8, 4) is 0 Å². The van der Waals surface area contributed by atoms with Crippen LogP contribution in [0, 0.1) is 0 Å². The first kappa shape index (κ1) is 12.1. The van der Waals surface area contributed by atoms with Gasteiger partial charge in [0.2, 0.25) is 0 Å². The van der Waals surface area contributed by atoms with Crippen molar-refractivity contribution in [1.82, 2.24) is 0 Å². The molecule has 1 aromatic carbocycles. The Morgan fingerprint density at radius 2 is 2.00 bits per heavy atom. The van der Waals surface area contributed by atoms with E-state index in [1.54, 1.807) is 0 Å². The molecule has 0 radical (unpaired) electrons. The second kappa shape index (κ2) is 5.80. The third-order valence-electron chi connectivity index (χ3n) is 2.85. The van der Waals surface area contributed by atoms with Crippen molar-refractivity contribution in [2.24, 2.45) is 5.73 Å². The Hall–Kier alpha value is -1.39. The van der Waals surface area contributed by atoms with Gasteiger partial charge in [-0.15, -0.1) is 0 Å². The van der Waals surface area contributed by atoms with Crippen LogP contribution < -0.4 is 10.8 Å². The largest absolute Gasteiger partial charge is 0.330 e. The first-order chi connectivity index (χ1) is 8.31. The van der Waals surface area contributed by atoms with Crippen molar-refractivity contribution >= 4 is 11.6 Å². The van der Waals surface area contributed by atoms with Crippen LogP contribution in [0.2, 0.25) is 0 Å². The van der Waals surface area contributed by atoms with Gasteiger partial charge in [0.1, 0.15) is 0 Å². The highest BCUT2D eigenvalue weighted by Gasteiger charge is 2.22. The lowest BCUT2D eigenvalue weighted by molar-refractivity contribution is -0.119.